The summed E-state index contributed by atoms with van der Waals surface area (Å²) in [5, 5.41) is 10.5. The number of amides is 1. The van der Waals surface area contributed by atoms with Crippen LogP contribution >= 0.6 is 11.6 Å². The van der Waals surface area contributed by atoms with Crippen LogP contribution in [0.4, 0.5) is 14.5 Å². The number of anilines is 1. The summed E-state index contributed by atoms with van der Waals surface area (Å²) >= 11 is 6.07. The van der Waals surface area contributed by atoms with Gasteiger partial charge in [0.05, 0.1) is 22.5 Å². The lowest BCUT2D eigenvalue weighted by Crippen LogP contribution is -2.22. The number of rotatable bonds is 8. The van der Waals surface area contributed by atoms with Gasteiger partial charge in [-0.1, -0.05) is 11.6 Å². The molecule has 29 heavy (non-hydrogen) atoms. The minimum absolute atomic E-state index is 0.0229. The van der Waals surface area contributed by atoms with E-state index >= 15 is 0 Å². The molecule has 0 aromatic carbocycles. The fourth-order valence-corrected chi connectivity index (χ4v) is 3.27. The van der Waals surface area contributed by atoms with Gasteiger partial charge in [0.2, 0.25) is 5.91 Å². The van der Waals surface area contributed by atoms with E-state index in [1.165, 1.54) is 15.6 Å². The number of nitrogens with one attached hydrogen (secondary N) is 1. The van der Waals surface area contributed by atoms with E-state index in [-0.39, 0.29) is 35.0 Å². The molecule has 3 rings (SSSR count). The number of aromatic nitrogens is 4. The molecule has 11 heteroatoms. The number of esters is 1. The fourth-order valence-electron chi connectivity index (χ4n) is 2.90. The highest BCUT2D eigenvalue weighted by Crippen LogP contribution is 2.45. The summed E-state index contributed by atoms with van der Waals surface area (Å²) in [5.41, 5.74) is 0.0769. The molecule has 1 saturated carbocycles. The summed E-state index contributed by atoms with van der Waals surface area (Å²) in [6, 6.07) is 0. The third-order valence-electron chi connectivity index (χ3n) is 4.32. The zero-order valence-electron chi connectivity index (χ0n) is 16.3. The Bertz CT molecular complexity index is 921. The van der Waals surface area contributed by atoms with Crippen LogP contribution < -0.4 is 5.32 Å². The molecule has 158 valence electrons. The molecular formula is C18H22ClF2N5O3. The second-order valence-electron chi connectivity index (χ2n) is 7.07. The second kappa shape index (κ2) is 8.48. The zero-order chi connectivity index (χ0) is 21.3. The zero-order valence-corrected chi connectivity index (χ0v) is 17.0. The van der Waals surface area contributed by atoms with Crippen LogP contribution in [0.2, 0.25) is 5.02 Å². The first-order chi connectivity index (χ1) is 13.7. The smallest absolute Gasteiger partial charge is 0.361 e. The first-order valence-corrected chi connectivity index (χ1v) is 9.71. The summed E-state index contributed by atoms with van der Waals surface area (Å²) in [6.07, 6.45) is -0.0477. The Labute approximate surface area is 171 Å². The van der Waals surface area contributed by atoms with Crippen molar-refractivity contribution in [2.24, 2.45) is 0 Å². The maximum absolute atomic E-state index is 13.2. The molecule has 2 heterocycles. The van der Waals surface area contributed by atoms with Crippen molar-refractivity contribution >= 4 is 29.2 Å². The summed E-state index contributed by atoms with van der Waals surface area (Å²) in [5.74, 6) is -1.18. The van der Waals surface area contributed by atoms with E-state index < -0.39 is 24.0 Å². The van der Waals surface area contributed by atoms with Crippen LogP contribution in [0.15, 0.2) is 6.20 Å². The van der Waals surface area contributed by atoms with Crippen molar-refractivity contribution < 1.29 is 23.1 Å². The first-order valence-electron chi connectivity index (χ1n) is 9.33. The summed E-state index contributed by atoms with van der Waals surface area (Å²) in [7, 11) is 0. The van der Waals surface area contributed by atoms with Crippen LogP contribution in [-0.2, 0) is 22.6 Å². The molecule has 1 fully saturated rings. The number of hydrogen-bond donors (Lipinski definition) is 1. The topological polar surface area (TPSA) is 91.0 Å². The standard InChI is InChI=1S/C18H22ClF2N5O3/c1-4-25-7-11(14(23-25)18(28)29-9(2)3)22-12(27)8-26-16(10-5-6-10)13(19)15(24-26)17(20)21/h7,9-10,17H,4-6,8H2,1-3H3,(H,22,27). The number of aryl methyl sites for hydroxylation is 1. The molecule has 0 spiro atoms. The number of nitrogens with zero attached hydrogens (tertiary/aromatic N) is 4. The quantitative estimate of drug-likeness (QED) is 0.645. The van der Waals surface area contributed by atoms with Gasteiger partial charge in [0.15, 0.2) is 5.69 Å². The van der Waals surface area contributed by atoms with Gasteiger partial charge in [0.25, 0.3) is 6.43 Å². The number of carbonyl (C=O) groups is 2. The van der Waals surface area contributed by atoms with Crippen LogP contribution in [0, 0.1) is 0 Å². The maximum Gasteiger partial charge on any atom is 0.361 e. The molecular weight excluding hydrogens is 408 g/mol. The Morgan fingerprint density at radius 2 is 2.03 bits per heavy atom. The van der Waals surface area contributed by atoms with E-state index in [2.05, 4.69) is 15.5 Å². The van der Waals surface area contributed by atoms with Crippen molar-refractivity contribution in [3.05, 3.63) is 28.3 Å². The Morgan fingerprint density at radius 1 is 1.34 bits per heavy atom. The van der Waals surface area contributed by atoms with Crippen LogP contribution in [0.5, 0.6) is 0 Å². The van der Waals surface area contributed by atoms with Gasteiger partial charge in [-0.2, -0.15) is 10.2 Å². The molecule has 2 aromatic heterocycles. The highest BCUT2D eigenvalue weighted by Gasteiger charge is 2.34. The largest absolute Gasteiger partial charge is 0.458 e. The van der Waals surface area contributed by atoms with Gasteiger partial charge in [-0.25, -0.2) is 13.6 Å². The lowest BCUT2D eigenvalue weighted by Gasteiger charge is -2.09. The van der Waals surface area contributed by atoms with Crippen LogP contribution in [0.3, 0.4) is 0 Å². The van der Waals surface area contributed by atoms with Crippen molar-refractivity contribution in [2.45, 2.75) is 65.1 Å². The molecule has 8 nitrogen and oxygen atoms in total. The lowest BCUT2D eigenvalue weighted by atomic mass is 10.2. The van der Waals surface area contributed by atoms with Gasteiger partial charge in [-0.15, -0.1) is 0 Å². The number of carbonyl (C=O) groups excluding carboxylic acids is 2. The summed E-state index contributed by atoms with van der Waals surface area (Å²) in [4.78, 5) is 24.8. The fraction of sp³-hybridized carbons (Fsp3) is 0.556. The van der Waals surface area contributed by atoms with Gasteiger partial charge in [0.1, 0.15) is 12.2 Å². The normalized spacial score (nSPS) is 13.9. The number of alkyl halides is 2. The summed E-state index contributed by atoms with van der Waals surface area (Å²) < 4.78 is 34.2. The predicted octanol–water partition coefficient (Wildman–Crippen LogP) is 3.77. The molecule has 0 radical (unpaired) electrons. The number of halogens is 3. The van der Waals surface area contributed by atoms with Gasteiger partial charge in [0, 0.05) is 18.7 Å². The Morgan fingerprint density at radius 3 is 2.59 bits per heavy atom. The molecule has 0 saturated heterocycles. The molecule has 1 amide bonds. The maximum atomic E-state index is 13.2. The molecule has 0 bridgehead atoms. The van der Waals surface area contributed by atoms with Crippen molar-refractivity contribution in [1.29, 1.82) is 0 Å². The molecule has 1 aliphatic rings. The van der Waals surface area contributed by atoms with Crippen molar-refractivity contribution in [3.8, 4) is 0 Å². The third-order valence-corrected chi connectivity index (χ3v) is 4.70. The molecule has 0 unspecified atom stereocenters. The lowest BCUT2D eigenvalue weighted by molar-refractivity contribution is -0.117. The van der Waals surface area contributed by atoms with E-state index in [0.29, 0.717) is 12.2 Å². The van der Waals surface area contributed by atoms with Crippen LogP contribution in [-0.4, -0.2) is 37.5 Å². The van der Waals surface area contributed by atoms with Gasteiger partial charge in [-0.3, -0.25) is 14.2 Å². The second-order valence-corrected chi connectivity index (χ2v) is 7.44. The van der Waals surface area contributed by atoms with Gasteiger partial charge in [-0.05, 0) is 33.6 Å². The molecule has 1 N–H and O–H groups in total. The third kappa shape index (κ3) is 4.75. The van der Waals surface area contributed by atoms with Crippen molar-refractivity contribution in [1.82, 2.24) is 19.6 Å². The van der Waals surface area contributed by atoms with E-state index in [1.807, 2.05) is 6.92 Å². The van der Waals surface area contributed by atoms with Gasteiger partial charge >= 0.3 is 5.97 Å². The van der Waals surface area contributed by atoms with Crippen LogP contribution in [0.25, 0.3) is 0 Å². The highest BCUT2D eigenvalue weighted by molar-refractivity contribution is 6.32. The average molecular weight is 430 g/mol. The Hall–Kier alpha value is -2.49. The molecule has 1 aliphatic carbocycles. The molecule has 0 aliphatic heterocycles. The summed E-state index contributed by atoms with van der Waals surface area (Å²) in [6.45, 7) is 5.41. The van der Waals surface area contributed by atoms with Gasteiger partial charge < -0.3 is 10.1 Å². The van der Waals surface area contributed by atoms with E-state index in [1.54, 1.807) is 13.8 Å². The average Bonchev–Trinajstić information content (AvgIpc) is 3.29. The SMILES string of the molecule is CCn1cc(NC(=O)Cn2nc(C(F)F)c(Cl)c2C2CC2)c(C(=O)OC(C)C)n1. The predicted molar refractivity (Wildman–Crippen MR) is 101 cm³/mol. The minimum atomic E-state index is -2.83. The van der Waals surface area contributed by atoms with Crippen molar-refractivity contribution in [2.75, 3.05) is 5.32 Å². The molecule has 0 atom stereocenters. The number of hydrogen-bond acceptors (Lipinski definition) is 5. The highest BCUT2D eigenvalue weighted by atomic mass is 35.5. The van der Waals surface area contributed by atoms with Crippen LogP contribution in [0.1, 0.15) is 67.8 Å². The Balaban J connectivity index is 1.81. The van der Waals surface area contributed by atoms with Crippen molar-refractivity contribution in [3.63, 3.8) is 0 Å². The number of ether oxygens (including phenoxy) is 1. The first kappa shape index (κ1) is 21.2. The van der Waals surface area contributed by atoms with E-state index in [0.717, 1.165) is 12.8 Å². The van der Waals surface area contributed by atoms with E-state index in [4.69, 9.17) is 16.3 Å². The minimum Gasteiger partial charge on any atom is -0.458 e. The monoisotopic (exact) mass is 429 g/mol. The Kier molecular flexibility index (Phi) is 6.21. The molecule has 2 aromatic rings. The van der Waals surface area contributed by atoms with E-state index in [9.17, 15) is 18.4 Å².